The Kier molecular flexibility index (Phi) is 4.72. The highest BCUT2D eigenvalue weighted by Gasteiger charge is 2.25. The summed E-state index contributed by atoms with van der Waals surface area (Å²) in [6, 6.07) is 3.44. The van der Waals surface area contributed by atoms with Crippen molar-refractivity contribution in [3.8, 4) is 0 Å². The van der Waals surface area contributed by atoms with Crippen molar-refractivity contribution in [1.82, 2.24) is 14.6 Å². The number of nitrogens with one attached hydrogen (secondary N) is 1. The zero-order chi connectivity index (χ0) is 14.6. The van der Waals surface area contributed by atoms with Gasteiger partial charge in [0.05, 0.1) is 11.8 Å². The minimum atomic E-state index is -3.09. The number of sulfonamides is 1. The fourth-order valence-corrected chi connectivity index (χ4v) is 3.16. The van der Waals surface area contributed by atoms with E-state index in [1.165, 1.54) is 16.8 Å². The molecule has 1 aromatic heterocycles. The first-order valence-corrected chi connectivity index (χ1v) is 8.45. The van der Waals surface area contributed by atoms with Gasteiger partial charge in [0.15, 0.2) is 0 Å². The second-order valence-electron chi connectivity index (χ2n) is 5.06. The maximum atomic E-state index is 11.9. The lowest BCUT2D eigenvalue weighted by Gasteiger charge is -2.30. The molecule has 0 aliphatic carbocycles. The first-order chi connectivity index (χ1) is 9.47. The van der Waals surface area contributed by atoms with Crippen LogP contribution in [0.4, 0.5) is 0 Å². The quantitative estimate of drug-likeness (QED) is 0.877. The van der Waals surface area contributed by atoms with Gasteiger partial charge in [0.1, 0.15) is 0 Å². The van der Waals surface area contributed by atoms with Gasteiger partial charge in [-0.3, -0.25) is 9.78 Å². The number of rotatable bonds is 4. The van der Waals surface area contributed by atoms with E-state index in [-0.39, 0.29) is 5.91 Å². The summed E-state index contributed by atoms with van der Waals surface area (Å²) < 4.78 is 24.3. The van der Waals surface area contributed by atoms with E-state index in [0.29, 0.717) is 31.1 Å². The molecule has 0 spiro atoms. The summed E-state index contributed by atoms with van der Waals surface area (Å²) in [5, 5.41) is 2.88. The van der Waals surface area contributed by atoms with Crippen LogP contribution in [0, 0.1) is 5.92 Å². The van der Waals surface area contributed by atoms with E-state index < -0.39 is 10.0 Å². The summed E-state index contributed by atoms with van der Waals surface area (Å²) in [6.07, 6.45) is 5.94. The summed E-state index contributed by atoms with van der Waals surface area (Å²) in [4.78, 5) is 15.8. The molecule has 2 heterocycles. The van der Waals surface area contributed by atoms with Crippen molar-refractivity contribution in [3.63, 3.8) is 0 Å². The molecule has 7 heteroatoms. The molecular formula is C13H19N3O3S. The molecule has 1 aliphatic rings. The lowest BCUT2D eigenvalue weighted by Crippen LogP contribution is -2.41. The van der Waals surface area contributed by atoms with Crippen LogP contribution in [-0.4, -0.2) is 49.5 Å². The summed E-state index contributed by atoms with van der Waals surface area (Å²) in [5.41, 5.74) is 0.543. The van der Waals surface area contributed by atoms with Gasteiger partial charge in [0.2, 0.25) is 10.0 Å². The lowest BCUT2D eigenvalue weighted by molar-refractivity contribution is 0.0941. The van der Waals surface area contributed by atoms with Gasteiger partial charge in [-0.1, -0.05) is 0 Å². The number of amides is 1. The SMILES string of the molecule is CS(=O)(=O)N1CCC(CNC(=O)c2cccnc2)CC1. The molecule has 0 unspecified atom stereocenters. The minimum absolute atomic E-state index is 0.136. The molecule has 1 aliphatic heterocycles. The zero-order valence-electron chi connectivity index (χ0n) is 11.4. The number of aromatic nitrogens is 1. The molecule has 0 atom stereocenters. The van der Waals surface area contributed by atoms with Crippen LogP contribution < -0.4 is 5.32 Å². The number of carbonyl (C=O) groups is 1. The second kappa shape index (κ2) is 6.32. The molecule has 1 amide bonds. The standard InChI is InChI=1S/C13H19N3O3S/c1-20(18,19)16-7-4-11(5-8-16)9-15-13(17)12-3-2-6-14-10-12/h2-3,6,10-11H,4-5,7-9H2,1H3,(H,15,17). The van der Waals surface area contributed by atoms with E-state index in [1.807, 2.05) is 0 Å². The average Bonchev–Trinajstić information content (AvgIpc) is 2.45. The summed E-state index contributed by atoms with van der Waals surface area (Å²) in [6.45, 7) is 1.64. The molecule has 110 valence electrons. The van der Waals surface area contributed by atoms with Crippen molar-refractivity contribution >= 4 is 15.9 Å². The first-order valence-electron chi connectivity index (χ1n) is 6.60. The fraction of sp³-hybridized carbons (Fsp3) is 0.538. The van der Waals surface area contributed by atoms with Gasteiger partial charge < -0.3 is 5.32 Å². The van der Waals surface area contributed by atoms with Gasteiger partial charge in [-0.25, -0.2) is 12.7 Å². The molecule has 0 aromatic carbocycles. The van der Waals surface area contributed by atoms with Crippen LogP contribution in [0.3, 0.4) is 0 Å². The number of nitrogens with zero attached hydrogens (tertiary/aromatic N) is 2. The maximum Gasteiger partial charge on any atom is 0.252 e. The molecule has 1 fully saturated rings. The van der Waals surface area contributed by atoms with E-state index in [9.17, 15) is 13.2 Å². The Morgan fingerprint density at radius 1 is 1.45 bits per heavy atom. The molecule has 20 heavy (non-hydrogen) atoms. The van der Waals surface area contributed by atoms with Gasteiger partial charge in [-0.15, -0.1) is 0 Å². The second-order valence-corrected chi connectivity index (χ2v) is 7.04. The highest BCUT2D eigenvalue weighted by Crippen LogP contribution is 2.18. The number of piperidine rings is 1. The van der Waals surface area contributed by atoms with E-state index in [1.54, 1.807) is 18.3 Å². The Labute approximate surface area is 119 Å². The van der Waals surface area contributed by atoms with Crippen LogP contribution in [0.2, 0.25) is 0 Å². The lowest BCUT2D eigenvalue weighted by atomic mass is 9.98. The van der Waals surface area contributed by atoms with E-state index in [2.05, 4.69) is 10.3 Å². The number of pyridine rings is 1. The monoisotopic (exact) mass is 297 g/mol. The van der Waals surface area contributed by atoms with Crippen molar-refractivity contribution in [2.24, 2.45) is 5.92 Å². The Bertz CT molecular complexity index is 551. The molecule has 6 nitrogen and oxygen atoms in total. The smallest absolute Gasteiger partial charge is 0.252 e. The minimum Gasteiger partial charge on any atom is -0.352 e. The number of carbonyl (C=O) groups excluding carboxylic acids is 1. The van der Waals surface area contributed by atoms with Crippen molar-refractivity contribution in [2.75, 3.05) is 25.9 Å². The molecule has 0 saturated carbocycles. The summed E-state index contributed by atoms with van der Waals surface area (Å²) in [7, 11) is -3.09. The van der Waals surface area contributed by atoms with Crippen molar-refractivity contribution < 1.29 is 13.2 Å². The van der Waals surface area contributed by atoms with Crippen LogP contribution in [0.15, 0.2) is 24.5 Å². The fourth-order valence-electron chi connectivity index (χ4n) is 2.28. The highest BCUT2D eigenvalue weighted by molar-refractivity contribution is 7.88. The maximum absolute atomic E-state index is 11.9. The summed E-state index contributed by atoms with van der Waals surface area (Å²) >= 11 is 0. The predicted molar refractivity (Wildman–Crippen MR) is 75.7 cm³/mol. The Morgan fingerprint density at radius 3 is 2.70 bits per heavy atom. The topological polar surface area (TPSA) is 79.4 Å². The van der Waals surface area contributed by atoms with Crippen LogP contribution in [-0.2, 0) is 10.0 Å². The van der Waals surface area contributed by atoms with Crippen LogP contribution in [0.1, 0.15) is 23.2 Å². The van der Waals surface area contributed by atoms with Crippen LogP contribution >= 0.6 is 0 Å². The van der Waals surface area contributed by atoms with Gasteiger partial charge in [0, 0.05) is 32.0 Å². The average molecular weight is 297 g/mol. The van der Waals surface area contributed by atoms with E-state index in [4.69, 9.17) is 0 Å². The molecular weight excluding hydrogens is 278 g/mol. The number of hydrogen-bond acceptors (Lipinski definition) is 4. The van der Waals surface area contributed by atoms with Gasteiger partial charge >= 0.3 is 0 Å². The van der Waals surface area contributed by atoms with Crippen molar-refractivity contribution in [2.45, 2.75) is 12.8 Å². The highest BCUT2D eigenvalue weighted by atomic mass is 32.2. The Balaban J connectivity index is 1.78. The van der Waals surface area contributed by atoms with Gasteiger partial charge in [-0.2, -0.15) is 0 Å². The van der Waals surface area contributed by atoms with Crippen LogP contribution in [0.5, 0.6) is 0 Å². The number of hydrogen-bond donors (Lipinski definition) is 1. The third-order valence-corrected chi connectivity index (χ3v) is 4.82. The molecule has 0 bridgehead atoms. The van der Waals surface area contributed by atoms with Crippen molar-refractivity contribution in [1.29, 1.82) is 0 Å². The van der Waals surface area contributed by atoms with Crippen LogP contribution in [0.25, 0.3) is 0 Å². The molecule has 1 N–H and O–H groups in total. The molecule has 1 aromatic rings. The third-order valence-electron chi connectivity index (χ3n) is 3.52. The zero-order valence-corrected chi connectivity index (χ0v) is 12.3. The molecule has 1 saturated heterocycles. The van der Waals surface area contributed by atoms with Gasteiger partial charge in [0.25, 0.3) is 5.91 Å². The van der Waals surface area contributed by atoms with Gasteiger partial charge in [-0.05, 0) is 30.9 Å². The molecule has 0 radical (unpaired) electrons. The Hall–Kier alpha value is -1.47. The van der Waals surface area contributed by atoms with E-state index >= 15 is 0 Å². The molecule has 2 rings (SSSR count). The summed E-state index contributed by atoms with van der Waals surface area (Å²) in [5.74, 6) is 0.192. The van der Waals surface area contributed by atoms with Crippen molar-refractivity contribution in [3.05, 3.63) is 30.1 Å². The third kappa shape index (κ3) is 4.01. The van der Waals surface area contributed by atoms with E-state index in [0.717, 1.165) is 12.8 Å². The Morgan fingerprint density at radius 2 is 2.15 bits per heavy atom. The predicted octanol–water partition coefficient (Wildman–Crippen LogP) is 0.483. The normalized spacial score (nSPS) is 17.9. The first kappa shape index (κ1) is 14.9. The largest absolute Gasteiger partial charge is 0.352 e.